The van der Waals surface area contributed by atoms with Gasteiger partial charge in [-0.15, -0.1) is 0 Å². The number of anilines is 2. The van der Waals surface area contributed by atoms with Crippen LogP contribution < -0.4 is 21.1 Å². The number of carbonyl (C=O) groups is 1. The number of nitrogens with two attached hydrogens (primary N) is 1. The first-order valence-corrected chi connectivity index (χ1v) is 7.54. The summed E-state index contributed by atoms with van der Waals surface area (Å²) in [6, 6.07) is 11.5. The third-order valence-corrected chi connectivity index (χ3v) is 3.29. The van der Waals surface area contributed by atoms with E-state index in [0.717, 1.165) is 17.1 Å². The Labute approximate surface area is 136 Å². The highest BCUT2D eigenvalue weighted by Crippen LogP contribution is 2.14. The Morgan fingerprint density at radius 2 is 2.00 bits per heavy atom. The highest BCUT2D eigenvalue weighted by molar-refractivity contribution is 5.90. The molecule has 6 heteroatoms. The summed E-state index contributed by atoms with van der Waals surface area (Å²) >= 11 is 0. The van der Waals surface area contributed by atoms with E-state index in [1.807, 2.05) is 36.4 Å². The van der Waals surface area contributed by atoms with E-state index in [9.17, 15) is 4.79 Å². The van der Waals surface area contributed by atoms with Gasteiger partial charge in [0.1, 0.15) is 11.6 Å². The average molecular weight is 314 g/mol. The minimum atomic E-state index is -0.0452. The fraction of sp³-hybridized carbons (Fsp3) is 0.294. The van der Waals surface area contributed by atoms with Crippen molar-refractivity contribution in [1.82, 2.24) is 4.98 Å². The molecule has 4 N–H and O–H groups in total. The lowest BCUT2D eigenvalue weighted by atomic mass is 10.2. The lowest BCUT2D eigenvalue weighted by molar-refractivity contribution is -0.116. The van der Waals surface area contributed by atoms with Gasteiger partial charge in [0.05, 0.1) is 19.0 Å². The Morgan fingerprint density at radius 1 is 1.22 bits per heavy atom. The molecule has 2 aromatic rings. The van der Waals surface area contributed by atoms with Crippen LogP contribution in [0.5, 0.6) is 5.75 Å². The molecule has 0 saturated heterocycles. The third-order valence-electron chi connectivity index (χ3n) is 3.29. The number of amides is 1. The first-order chi connectivity index (χ1) is 11.2. The van der Waals surface area contributed by atoms with E-state index < -0.39 is 0 Å². The van der Waals surface area contributed by atoms with Crippen LogP contribution in [-0.2, 0) is 11.3 Å². The van der Waals surface area contributed by atoms with Crippen molar-refractivity contribution in [3.05, 3.63) is 48.2 Å². The van der Waals surface area contributed by atoms with Crippen LogP contribution in [0.3, 0.4) is 0 Å². The number of carbonyl (C=O) groups excluding carboxylic acids is 1. The molecule has 122 valence electrons. The van der Waals surface area contributed by atoms with Crippen molar-refractivity contribution in [2.24, 2.45) is 5.73 Å². The Morgan fingerprint density at radius 3 is 2.61 bits per heavy atom. The van der Waals surface area contributed by atoms with Gasteiger partial charge in [0.2, 0.25) is 5.91 Å². The average Bonchev–Trinajstić information content (AvgIpc) is 2.60. The largest absolute Gasteiger partial charge is 0.497 e. The molecule has 1 heterocycles. The standard InChI is InChI=1S/C17H22N4O2/c1-23-15-7-4-13(5-8-15)11-19-16-9-6-14(12-20-16)21-17(22)3-2-10-18/h4-9,12H,2-3,10-11,18H2,1H3,(H,19,20)(H,21,22). The van der Waals surface area contributed by atoms with E-state index in [2.05, 4.69) is 15.6 Å². The topological polar surface area (TPSA) is 89.3 Å². The molecule has 0 aliphatic heterocycles. The molecule has 0 unspecified atom stereocenters. The number of nitrogens with one attached hydrogen (secondary N) is 2. The van der Waals surface area contributed by atoms with Crippen LogP contribution in [0.1, 0.15) is 18.4 Å². The number of rotatable bonds is 8. The Balaban J connectivity index is 1.83. The van der Waals surface area contributed by atoms with Gasteiger partial charge in [-0.05, 0) is 42.8 Å². The van der Waals surface area contributed by atoms with Gasteiger partial charge in [-0.2, -0.15) is 0 Å². The smallest absolute Gasteiger partial charge is 0.224 e. The molecule has 0 bridgehead atoms. The summed E-state index contributed by atoms with van der Waals surface area (Å²) in [5.74, 6) is 1.54. The maximum atomic E-state index is 11.6. The molecule has 0 spiro atoms. The summed E-state index contributed by atoms with van der Waals surface area (Å²) in [5.41, 5.74) is 7.19. The van der Waals surface area contributed by atoms with E-state index in [4.69, 9.17) is 10.5 Å². The highest BCUT2D eigenvalue weighted by atomic mass is 16.5. The number of hydrogen-bond acceptors (Lipinski definition) is 5. The number of pyridine rings is 1. The Bertz CT molecular complexity index is 611. The number of benzene rings is 1. The maximum absolute atomic E-state index is 11.6. The normalized spacial score (nSPS) is 10.2. The second-order valence-corrected chi connectivity index (χ2v) is 5.07. The van der Waals surface area contributed by atoms with Crippen LogP contribution in [0.2, 0.25) is 0 Å². The van der Waals surface area contributed by atoms with Crippen molar-refractivity contribution in [3.8, 4) is 5.75 Å². The maximum Gasteiger partial charge on any atom is 0.224 e. The van der Waals surface area contributed by atoms with Gasteiger partial charge in [0.15, 0.2) is 0 Å². The van der Waals surface area contributed by atoms with Crippen molar-refractivity contribution in [2.45, 2.75) is 19.4 Å². The molecule has 0 aliphatic rings. The van der Waals surface area contributed by atoms with Crippen LogP contribution in [0, 0.1) is 0 Å². The zero-order valence-electron chi connectivity index (χ0n) is 13.2. The van der Waals surface area contributed by atoms with Crippen molar-refractivity contribution in [3.63, 3.8) is 0 Å². The second-order valence-electron chi connectivity index (χ2n) is 5.07. The van der Waals surface area contributed by atoms with Crippen molar-refractivity contribution >= 4 is 17.4 Å². The monoisotopic (exact) mass is 314 g/mol. The lowest BCUT2D eigenvalue weighted by Crippen LogP contribution is -2.13. The van der Waals surface area contributed by atoms with Crippen LogP contribution in [0.4, 0.5) is 11.5 Å². The van der Waals surface area contributed by atoms with Gasteiger partial charge in [-0.1, -0.05) is 12.1 Å². The van der Waals surface area contributed by atoms with Gasteiger partial charge in [-0.3, -0.25) is 4.79 Å². The Kier molecular flexibility index (Phi) is 6.38. The minimum Gasteiger partial charge on any atom is -0.497 e. The molecular weight excluding hydrogens is 292 g/mol. The summed E-state index contributed by atoms with van der Waals surface area (Å²) in [4.78, 5) is 15.9. The van der Waals surface area contributed by atoms with Crippen LogP contribution in [0.15, 0.2) is 42.6 Å². The number of methoxy groups -OCH3 is 1. The van der Waals surface area contributed by atoms with Gasteiger partial charge in [-0.25, -0.2) is 4.98 Å². The third kappa shape index (κ3) is 5.60. The van der Waals surface area contributed by atoms with E-state index in [1.165, 1.54) is 0 Å². The lowest BCUT2D eigenvalue weighted by Gasteiger charge is -2.08. The summed E-state index contributed by atoms with van der Waals surface area (Å²) in [7, 11) is 1.65. The molecule has 0 radical (unpaired) electrons. The number of aromatic nitrogens is 1. The van der Waals surface area contributed by atoms with Gasteiger partial charge < -0.3 is 21.1 Å². The number of nitrogens with zero attached hydrogens (tertiary/aromatic N) is 1. The highest BCUT2D eigenvalue weighted by Gasteiger charge is 2.02. The number of ether oxygens (including phenoxy) is 1. The summed E-state index contributed by atoms with van der Waals surface area (Å²) in [6.45, 7) is 1.18. The fourth-order valence-electron chi connectivity index (χ4n) is 1.99. The molecule has 1 aromatic heterocycles. The van der Waals surface area contributed by atoms with E-state index in [0.29, 0.717) is 31.6 Å². The molecule has 23 heavy (non-hydrogen) atoms. The molecule has 1 amide bonds. The minimum absolute atomic E-state index is 0.0452. The van der Waals surface area contributed by atoms with Crippen molar-refractivity contribution in [1.29, 1.82) is 0 Å². The van der Waals surface area contributed by atoms with Crippen LogP contribution >= 0.6 is 0 Å². The molecule has 1 aromatic carbocycles. The quantitative estimate of drug-likeness (QED) is 0.696. The molecule has 0 saturated carbocycles. The van der Waals surface area contributed by atoms with Crippen LogP contribution in [-0.4, -0.2) is 24.5 Å². The molecule has 6 nitrogen and oxygen atoms in total. The van der Waals surface area contributed by atoms with Crippen molar-refractivity contribution < 1.29 is 9.53 Å². The summed E-state index contributed by atoms with van der Waals surface area (Å²) in [5, 5.41) is 6.02. The Hall–Kier alpha value is -2.60. The van der Waals surface area contributed by atoms with Gasteiger partial charge in [0.25, 0.3) is 0 Å². The molecule has 0 fully saturated rings. The summed E-state index contributed by atoms with van der Waals surface area (Å²) in [6.07, 6.45) is 2.74. The summed E-state index contributed by atoms with van der Waals surface area (Å²) < 4.78 is 5.13. The number of hydrogen-bond donors (Lipinski definition) is 3. The molecular formula is C17H22N4O2. The predicted octanol–water partition coefficient (Wildman–Crippen LogP) is 2.38. The second kappa shape index (κ2) is 8.75. The van der Waals surface area contributed by atoms with E-state index in [-0.39, 0.29) is 5.91 Å². The van der Waals surface area contributed by atoms with Gasteiger partial charge in [0, 0.05) is 13.0 Å². The zero-order valence-corrected chi connectivity index (χ0v) is 13.2. The molecule has 0 aliphatic carbocycles. The van der Waals surface area contributed by atoms with Crippen molar-refractivity contribution in [2.75, 3.05) is 24.3 Å². The van der Waals surface area contributed by atoms with Crippen LogP contribution in [0.25, 0.3) is 0 Å². The zero-order chi connectivity index (χ0) is 16.5. The molecule has 2 rings (SSSR count). The van der Waals surface area contributed by atoms with Gasteiger partial charge >= 0.3 is 0 Å². The first kappa shape index (κ1) is 16.8. The SMILES string of the molecule is COc1ccc(CNc2ccc(NC(=O)CCCN)cn2)cc1. The predicted molar refractivity (Wildman–Crippen MR) is 91.5 cm³/mol. The van der Waals surface area contributed by atoms with E-state index in [1.54, 1.807) is 13.3 Å². The fourth-order valence-corrected chi connectivity index (χ4v) is 1.99. The molecule has 0 atom stereocenters. The first-order valence-electron chi connectivity index (χ1n) is 7.54. The van der Waals surface area contributed by atoms with E-state index >= 15 is 0 Å².